The van der Waals surface area contributed by atoms with Crippen LogP contribution in [-0.4, -0.2) is 5.97 Å². The molecule has 2 N–H and O–H groups in total. The lowest BCUT2D eigenvalue weighted by Crippen LogP contribution is -2.21. The number of esters is 1. The number of fused-ring (bicyclic) bond motifs is 1. The molecule has 0 saturated heterocycles. The summed E-state index contributed by atoms with van der Waals surface area (Å²) in [4.78, 5) is 12.6. The first-order chi connectivity index (χ1) is 18.4. The summed E-state index contributed by atoms with van der Waals surface area (Å²) < 4.78 is 17.3. The van der Waals surface area contributed by atoms with Crippen LogP contribution in [0.5, 0.6) is 17.2 Å². The predicted octanol–water partition coefficient (Wildman–Crippen LogP) is 6.32. The highest BCUT2D eigenvalue weighted by atomic mass is 16.5. The maximum absolute atomic E-state index is 12.6. The van der Waals surface area contributed by atoms with Gasteiger partial charge >= 0.3 is 5.97 Å². The van der Waals surface area contributed by atoms with E-state index in [1.807, 2.05) is 56.3 Å². The normalized spacial score (nSPS) is 14.2. The van der Waals surface area contributed by atoms with Crippen molar-refractivity contribution >= 4 is 5.97 Å². The molecular formula is C32H26N2O4. The van der Waals surface area contributed by atoms with E-state index in [1.165, 1.54) is 5.56 Å². The van der Waals surface area contributed by atoms with Crippen LogP contribution in [0, 0.1) is 25.2 Å². The molecule has 188 valence electrons. The second-order valence-electron chi connectivity index (χ2n) is 9.23. The van der Waals surface area contributed by atoms with E-state index in [4.69, 9.17) is 19.9 Å². The molecule has 1 heterocycles. The van der Waals surface area contributed by atoms with Gasteiger partial charge in [-0.1, -0.05) is 65.7 Å². The number of benzene rings is 4. The zero-order valence-electron chi connectivity index (χ0n) is 21.1. The second kappa shape index (κ2) is 10.5. The minimum Gasteiger partial charge on any atom is -0.489 e. The van der Waals surface area contributed by atoms with Crippen LogP contribution in [0.15, 0.2) is 102 Å². The molecule has 0 spiro atoms. The first-order valence-corrected chi connectivity index (χ1v) is 12.2. The van der Waals surface area contributed by atoms with Crippen LogP contribution in [0.4, 0.5) is 0 Å². The summed E-state index contributed by atoms with van der Waals surface area (Å²) in [5.74, 6) is 0.588. The first kappa shape index (κ1) is 24.7. The molecule has 4 aromatic carbocycles. The molecule has 1 unspecified atom stereocenters. The summed E-state index contributed by atoms with van der Waals surface area (Å²) in [6, 6.07) is 30.3. The topological polar surface area (TPSA) is 94.6 Å². The van der Waals surface area contributed by atoms with Gasteiger partial charge in [-0.15, -0.1) is 0 Å². The van der Waals surface area contributed by atoms with Crippen molar-refractivity contribution < 1.29 is 19.0 Å². The van der Waals surface area contributed by atoms with E-state index in [-0.39, 0.29) is 5.88 Å². The third-order valence-electron chi connectivity index (χ3n) is 6.39. The number of nitrogens with zero attached hydrogens (tertiary/aromatic N) is 1. The van der Waals surface area contributed by atoms with Crippen LogP contribution in [0.2, 0.25) is 0 Å². The summed E-state index contributed by atoms with van der Waals surface area (Å²) in [5.41, 5.74) is 11.8. The number of hydrogen-bond acceptors (Lipinski definition) is 6. The minimum atomic E-state index is -0.469. The maximum Gasteiger partial charge on any atom is 0.343 e. The number of ether oxygens (including phenoxy) is 3. The average molecular weight is 503 g/mol. The van der Waals surface area contributed by atoms with Gasteiger partial charge in [-0.3, -0.25) is 0 Å². The van der Waals surface area contributed by atoms with E-state index >= 15 is 0 Å². The Morgan fingerprint density at radius 1 is 0.921 bits per heavy atom. The fourth-order valence-corrected chi connectivity index (χ4v) is 4.39. The van der Waals surface area contributed by atoms with Crippen molar-refractivity contribution in [1.29, 1.82) is 5.26 Å². The Kier molecular flexibility index (Phi) is 6.84. The number of carbonyl (C=O) groups is 1. The Labute approximate surface area is 221 Å². The lowest BCUT2D eigenvalue weighted by atomic mass is 9.83. The van der Waals surface area contributed by atoms with E-state index in [1.54, 1.807) is 36.4 Å². The van der Waals surface area contributed by atoms with E-state index < -0.39 is 11.9 Å². The predicted molar refractivity (Wildman–Crippen MR) is 144 cm³/mol. The van der Waals surface area contributed by atoms with Gasteiger partial charge in [0.05, 0.1) is 11.5 Å². The lowest BCUT2D eigenvalue weighted by Gasteiger charge is -2.26. The van der Waals surface area contributed by atoms with Crippen LogP contribution < -0.4 is 19.9 Å². The molecule has 6 nitrogen and oxygen atoms in total. The fraction of sp³-hybridized carbons (Fsp3) is 0.125. The zero-order valence-corrected chi connectivity index (χ0v) is 21.1. The van der Waals surface area contributed by atoms with Gasteiger partial charge in [0, 0.05) is 11.6 Å². The molecule has 5 rings (SSSR count). The van der Waals surface area contributed by atoms with Gasteiger partial charge in [-0.2, -0.15) is 5.26 Å². The molecule has 0 aliphatic carbocycles. The quantitative estimate of drug-likeness (QED) is 0.245. The molecule has 0 bridgehead atoms. The first-order valence-electron chi connectivity index (χ1n) is 12.2. The highest BCUT2D eigenvalue weighted by Gasteiger charge is 2.31. The number of allylic oxidation sites excluding steroid dienone is 1. The van der Waals surface area contributed by atoms with Crippen LogP contribution >= 0.6 is 0 Å². The number of hydrogen-bond donors (Lipinski definition) is 1. The van der Waals surface area contributed by atoms with Gasteiger partial charge in [0.15, 0.2) is 0 Å². The van der Waals surface area contributed by atoms with E-state index in [2.05, 4.69) is 18.2 Å². The molecular weight excluding hydrogens is 476 g/mol. The van der Waals surface area contributed by atoms with Crippen LogP contribution in [0.25, 0.3) is 0 Å². The summed E-state index contributed by atoms with van der Waals surface area (Å²) in [7, 11) is 0. The Hall–Kier alpha value is -5.02. The lowest BCUT2D eigenvalue weighted by molar-refractivity contribution is 0.0734. The van der Waals surface area contributed by atoms with Gasteiger partial charge in [-0.25, -0.2) is 4.79 Å². The molecule has 1 aliphatic heterocycles. The highest BCUT2D eigenvalue weighted by molar-refractivity contribution is 5.91. The van der Waals surface area contributed by atoms with Crippen molar-refractivity contribution in [2.24, 2.45) is 5.73 Å². The standard InChI is InChI=1S/C32H26N2O4/c1-20-6-8-22(9-7-20)19-36-25-12-10-23(11-13-25)30-27-15-14-26(17-29(27)38-31(34)28(30)18-33)37-32(35)24-5-3-4-21(2)16-24/h3-17,30H,19,34H2,1-2H3. The third kappa shape index (κ3) is 5.23. The van der Waals surface area contributed by atoms with Crippen molar-refractivity contribution in [3.05, 3.63) is 136 Å². The third-order valence-corrected chi connectivity index (χ3v) is 6.39. The molecule has 0 aromatic heterocycles. The molecule has 0 saturated carbocycles. The summed E-state index contributed by atoms with van der Waals surface area (Å²) in [6.45, 7) is 4.42. The minimum absolute atomic E-state index is 0.0202. The maximum atomic E-state index is 12.6. The number of nitrogens with two attached hydrogens (primary N) is 1. The van der Waals surface area contributed by atoms with Crippen molar-refractivity contribution in [3.63, 3.8) is 0 Å². The van der Waals surface area contributed by atoms with Crippen molar-refractivity contribution in [3.8, 4) is 23.3 Å². The van der Waals surface area contributed by atoms with Gasteiger partial charge in [0.2, 0.25) is 5.88 Å². The van der Waals surface area contributed by atoms with E-state index in [0.717, 1.165) is 28.0 Å². The van der Waals surface area contributed by atoms with Gasteiger partial charge in [0.1, 0.15) is 35.5 Å². The molecule has 0 radical (unpaired) electrons. The van der Waals surface area contributed by atoms with Crippen molar-refractivity contribution in [1.82, 2.24) is 0 Å². The highest BCUT2D eigenvalue weighted by Crippen LogP contribution is 2.43. The number of carbonyl (C=O) groups excluding carboxylic acids is 1. The number of rotatable bonds is 6. The molecule has 6 heteroatoms. The fourth-order valence-electron chi connectivity index (χ4n) is 4.39. The largest absolute Gasteiger partial charge is 0.489 e. The molecule has 1 aliphatic rings. The van der Waals surface area contributed by atoms with Gasteiger partial charge < -0.3 is 19.9 Å². The summed E-state index contributed by atoms with van der Waals surface area (Å²) in [6.07, 6.45) is 0. The van der Waals surface area contributed by atoms with Crippen molar-refractivity contribution in [2.75, 3.05) is 0 Å². The summed E-state index contributed by atoms with van der Waals surface area (Å²) in [5, 5.41) is 9.86. The Bertz CT molecular complexity index is 1560. The van der Waals surface area contributed by atoms with Crippen LogP contribution in [-0.2, 0) is 6.61 Å². The second-order valence-corrected chi connectivity index (χ2v) is 9.23. The molecule has 1 atom stereocenters. The average Bonchev–Trinajstić information content (AvgIpc) is 2.92. The van der Waals surface area contributed by atoms with Crippen molar-refractivity contribution in [2.45, 2.75) is 26.4 Å². The number of aryl methyl sites for hydroxylation is 2. The molecule has 0 fully saturated rings. The van der Waals surface area contributed by atoms with E-state index in [0.29, 0.717) is 29.2 Å². The molecule has 4 aromatic rings. The Morgan fingerprint density at radius 2 is 1.66 bits per heavy atom. The monoisotopic (exact) mass is 502 g/mol. The summed E-state index contributed by atoms with van der Waals surface area (Å²) >= 11 is 0. The molecule has 0 amide bonds. The smallest absolute Gasteiger partial charge is 0.343 e. The van der Waals surface area contributed by atoms with Gasteiger partial charge in [-0.05, 0) is 55.3 Å². The Balaban J connectivity index is 1.37. The Morgan fingerprint density at radius 3 is 2.37 bits per heavy atom. The van der Waals surface area contributed by atoms with Gasteiger partial charge in [0.25, 0.3) is 0 Å². The molecule has 38 heavy (non-hydrogen) atoms. The van der Waals surface area contributed by atoms with Crippen LogP contribution in [0.1, 0.15) is 44.1 Å². The zero-order chi connectivity index (χ0) is 26.6. The number of nitriles is 1. The van der Waals surface area contributed by atoms with E-state index in [9.17, 15) is 10.1 Å². The SMILES string of the molecule is Cc1ccc(COc2ccc(C3C(C#N)=C(N)Oc4cc(OC(=O)c5cccc(C)c5)ccc43)cc2)cc1. The van der Waals surface area contributed by atoms with Crippen LogP contribution in [0.3, 0.4) is 0 Å².